The molecule has 0 aliphatic carbocycles. The maximum Gasteiger partial charge on any atom is 0.270 e. The number of nitrogens with zero attached hydrogens (tertiary/aromatic N) is 1. The Hall–Kier alpha value is -2.53. The molecule has 1 aliphatic heterocycles. The van der Waals surface area contributed by atoms with Gasteiger partial charge in [-0.15, -0.1) is 0 Å². The number of carbonyl (C=O) groups is 2. The fraction of sp³-hybridized carbons (Fsp3) is 0.300. The number of nitrogens with one attached hydrogen (secondary N) is 1. The standard InChI is InChI=1S/C20H21ClN2O3/c1-13-12-14(21)8-9-15(13)22-18(24)10-11-23-16-6-4-5-7-17(16)26-20(2,3)19(23)25/h4-9,12H,10-11H2,1-3H3,(H,22,24). The number of halogens is 1. The van der Waals surface area contributed by atoms with Crippen molar-refractivity contribution >= 4 is 34.8 Å². The van der Waals surface area contributed by atoms with Crippen LogP contribution in [-0.2, 0) is 9.59 Å². The zero-order valence-corrected chi connectivity index (χ0v) is 15.8. The third-order valence-corrected chi connectivity index (χ3v) is 4.54. The SMILES string of the molecule is Cc1cc(Cl)ccc1NC(=O)CCN1C(=O)C(C)(C)Oc2ccccc21. The first-order valence-electron chi connectivity index (χ1n) is 8.44. The summed E-state index contributed by atoms with van der Waals surface area (Å²) in [6.45, 7) is 5.62. The lowest BCUT2D eigenvalue weighted by molar-refractivity contribution is -0.132. The van der Waals surface area contributed by atoms with Gasteiger partial charge in [-0.25, -0.2) is 0 Å². The normalized spacial score (nSPS) is 15.2. The van der Waals surface area contributed by atoms with Gasteiger partial charge in [-0.1, -0.05) is 23.7 Å². The molecule has 2 aromatic rings. The minimum Gasteiger partial charge on any atom is -0.476 e. The minimum atomic E-state index is -0.961. The molecular formula is C20H21ClN2O3. The zero-order chi connectivity index (χ0) is 18.9. The molecule has 0 saturated carbocycles. The number of benzene rings is 2. The molecule has 0 fully saturated rings. The van der Waals surface area contributed by atoms with Crippen LogP contribution in [0.4, 0.5) is 11.4 Å². The fourth-order valence-electron chi connectivity index (χ4n) is 2.93. The topological polar surface area (TPSA) is 58.6 Å². The smallest absolute Gasteiger partial charge is 0.270 e. The van der Waals surface area contributed by atoms with Crippen LogP contribution in [0.1, 0.15) is 25.8 Å². The summed E-state index contributed by atoms with van der Waals surface area (Å²) in [6, 6.07) is 12.7. The maximum atomic E-state index is 12.7. The Bertz CT molecular complexity index is 864. The predicted molar refractivity (Wildman–Crippen MR) is 103 cm³/mol. The van der Waals surface area contributed by atoms with Crippen LogP contribution in [0.25, 0.3) is 0 Å². The second-order valence-electron chi connectivity index (χ2n) is 6.79. The first-order valence-corrected chi connectivity index (χ1v) is 8.82. The molecule has 2 amide bonds. The molecule has 0 bridgehead atoms. The van der Waals surface area contributed by atoms with Gasteiger partial charge in [0.15, 0.2) is 5.60 Å². The molecule has 0 radical (unpaired) electrons. The molecular weight excluding hydrogens is 352 g/mol. The van der Waals surface area contributed by atoms with E-state index in [1.54, 1.807) is 36.9 Å². The van der Waals surface area contributed by atoms with E-state index in [0.29, 0.717) is 22.1 Å². The number of anilines is 2. The van der Waals surface area contributed by atoms with Crippen LogP contribution >= 0.6 is 11.6 Å². The Balaban J connectivity index is 1.72. The van der Waals surface area contributed by atoms with Gasteiger partial charge < -0.3 is 15.0 Å². The van der Waals surface area contributed by atoms with Gasteiger partial charge in [0.05, 0.1) is 5.69 Å². The zero-order valence-electron chi connectivity index (χ0n) is 15.0. The summed E-state index contributed by atoms with van der Waals surface area (Å²) in [4.78, 5) is 26.7. The molecule has 0 unspecified atom stereocenters. The van der Waals surface area contributed by atoms with E-state index in [0.717, 1.165) is 5.56 Å². The highest BCUT2D eigenvalue weighted by Crippen LogP contribution is 2.37. The maximum absolute atomic E-state index is 12.7. The summed E-state index contributed by atoms with van der Waals surface area (Å²) < 4.78 is 5.79. The molecule has 3 rings (SSSR count). The van der Waals surface area contributed by atoms with Crippen molar-refractivity contribution in [2.24, 2.45) is 0 Å². The lowest BCUT2D eigenvalue weighted by Crippen LogP contribution is -2.53. The van der Waals surface area contributed by atoms with Crippen molar-refractivity contribution in [1.29, 1.82) is 0 Å². The Kier molecular flexibility index (Phi) is 4.92. The highest BCUT2D eigenvalue weighted by atomic mass is 35.5. The minimum absolute atomic E-state index is 0.160. The van der Waals surface area contributed by atoms with Crippen LogP contribution < -0.4 is 15.0 Å². The highest BCUT2D eigenvalue weighted by Gasteiger charge is 2.40. The Labute approximate surface area is 157 Å². The molecule has 6 heteroatoms. The fourth-order valence-corrected chi connectivity index (χ4v) is 3.16. The largest absolute Gasteiger partial charge is 0.476 e. The number of fused-ring (bicyclic) bond motifs is 1. The number of rotatable bonds is 4. The lowest BCUT2D eigenvalue weighted by atomic mass is 10.0. The van der Waals surface area contributed by atoms with Gasteiger partial charge in [-0.3, -0.25) is 9.59 Å². The molecule has 0 atom stereocenters. The molecule has 0 spiro atoms. The predicted octanol–water partition coefficient (Wildman–Crippen LogP) is 4.18. The van der Waals surface area contributed by atoms with Crippen molar-refractivity contribution < 1.29 is 14.3 Å². The Morgan fingerprint density at radius 1 is 1.23 bits per heavy atom. The molecule has 136 valence electrons. The van der Waals surface area contributed by atoms with E-state index >= 15 is 0 Å². The monoisotopic (exact) mass is 372 g/mol. The molecule has 0 aromatic heterocycles. The summed E-state index contributed by atoms with van der Waals surface area (Å²) in [5, 5.41) is 3.49. The Morgan fingerprint density at radius 3 is 2.69 bits per heavy atom. The summed E-state index contributed by atoms with van der Waals surface area (Å²) in [5.41, 5.74) is 1.33. The first-order chi connectivity index (χ1) is 12.3. The van der Waals surface area contributed by atoms with Gasteiger partial charge in [0, 0.05) is 23.7 Å². The van der Waals surface area contributed by atoms with Crippen molar-refractivity contribution in [2.75, 3.05) is 16.8 Å². The van der Waals surface area contributed by atoms with Crippen LogP contribution in [0.2, 0.25) is 5.02 Å². The molecule has 0 saturated heterocycles. The third kappa shape index (κ3) is 3.68. The van der Waals surface area contributed by atoms with E-state index in [9.17, 15) is 9.59 Å². The van der Waals surface area contributed by atoms with Crippen LogP contribution in [0.5, 0.6) is 5.75 Å². The summed E-state index contributed by atoms with van der Waals surface area (Å²) >= 11 is 5.94. The number of hydrogen-bond donors (Lipinski definition) is 1. The van der Waals surface area contributed by atoms with Gasteiger partial charge in [0.2, 0.25) is 5.91 Å². The molecule has 2 aromatic carbocycles. The van der Waals surface area contributed by atoms with Gasteiger partial charge in [-0.2, -0.15) is 0 Å². The van der Waals surface area contributed by atoms with Crippen LogP contribution in [0.3, 0.4) is 0 Å². The van der Waals surface area contributed by atoms with E-state index in [2.05, 4.69) is 5.32 Å². The van der Waals surface area contributed by atoms with E-state index < -0.39 is 5.60 Å². The quantitative estimate of drug-likeness (QED) is 0.875. The Morgan fingerprint density at radius 2 is 1.96 bits per heavy atom. The van der Waals surface area contributed by atoms with Crippen molar-refractivity contribution in [1.82, 2.24) is 0 Å². The lowest BCUT2D eigenvalue weighted by Gasteiger charge is -2.38. The molecule has 1 aliphatic rings. The average Bonchev–Trinajstić information content (AvgIpc) is 2.57. The average molecular weight is 373 g/mol. The van der Waals surface area contributed by atoms with Gasteiger partial charge in [-0.05, 0) is 56.7 Å². The number of hydrogen-bond acceptors (Lipinski definition) is 3. The van der Waals surface area contributed by atoms with Gasteiger partial charge >= 0.3 is 0 Å². The summed E-state index contributed by atoms with van der Waals surface area (Å²) in [6.07, 6.45) is 0.179. The molecule has 5 nitrogen and oxygen atoms in total. The molecule has 1 N–H and O–H groups in total. The highest BCUT2D eigenvalue weighted by molar-refractivity contribution is 6.30. The second kappa shape index (κ2) is 7.00. The molecule has 1 heterocycles. The van der Waals surface area contributed by atoms with Crippen molar-refractivity contribution in [2.45, 2.75) is 32.8 Å². The molecule has 26 heavy (non-hydrogen) atoms. The third-order valence-electron chi connectivity index (χ3n) is 4.31. The van der Waals surface area contributed by atoms with E-state index in [1.807, 2.05) is 31.2 Å². The van der Waals surface area contributed by atoms with E-state index in [1.165, 1.54) is 0 Å². The summed E-state index contributed by atoms with van der Waals surface area (Å²) in [7, 11) is 0. The van der Waals surface area contributed by atoms with Gasteiger partial charge in [0.1, 0.15) is 5.75 Å². The van der Waals surface area contributed by atoms with Crippen molar-refractivity contribution in [3.05, 3.63) is 53.1 Å². The van der Waals surface area contributed by atoms with Gasteiger partial charge in [0.25, 0.3) is 5.91 Å². The van der Waals surface area contributed by atoms with Crippen molar-refractivity contribution in [3.8, 4) is 5.75 Å². The summed E-state index contributed by atoms with van der Waals surface area (Å²) in [5.74, 6) is 0.322. The van der Waals surface area contributed by atoms with Crippen molar-refractivity contribution in [3.63, 3.8) is 0 Å². The number of carbonyl (C=O) groups excluding carboxylic acids is 2. The van der Waals surface area contributed by atoms with E-state index in [-0.39, 0.29) is 24.8 Å². The number of amides is 2. The number of para-hydroxylation sites is 2. The van der Waals surface area contributed by atoms with Crippen LogP contribution in [0, 0.1) is 6.92 Å². The first kappa shape index (κ1) is 18.3. The van der Waals surface area contributed by atoms with E-state index in [4.69, 9.17) is 16.3 Å². The number of ether oxygens (including phenoxy) is 1. The van der Waals surface area contributed by atoms with Crippen LogP contribution in [0.15, 0.2) is 42.5 Å². The number of aryl methyl sites for hydroxylation is 1. The van der Waals surface area contributed by atoms with Crippen LogP contribution in [-0.4, -0.2) is 24.0 Å². The second-order valence-corrected chi connectivity index (χ2v) is 7.23.